The normalized spacial score (nSPS) is 10.3. The van der Waals surface area contributed by atoms with E-state index in [0.717, 1.165) is 22.1 Å². The van der Waals surface area contributed by atoms with Gasteiger partial charge in [-0.3, -0.25) is 10.1 Å². The zero-order chi connectivity index (χ0) is 14.5. The number of nitro groups is 1. The highest BCUT2D eigenvalue weighted by atomic mass is 79.9. The number of non-ortho nitro benzene ring substituents is 1. The zero-order valence-electron chi connectivity index (χ0n) is 11.1. The maximum atomic E-state index is 10.7. The molecule has 2 aromatic carbocycles. The summed E-state index contributed by atoms with van der Waals surface area (Å²) in [6.45, 7) is 2.66. The standard InChI is InChI=1S/C15H15BrN2O2/c1-2-12-9-13(16)6-7-15(12)17-10-11-4-3-5-14(8-11)18(19)20/h3-9,17H,2,10H2,1H3. The summed E-state index contributed by atoms with van der Waals surface area (Å²) in [7, 11) is 0. The second-order valence-electron chi connectivity index (χ2n) is 4.44. The van der Waals surface area contributed by atoms with E-state index in [1.807, 2.05) is 18.2 Å². The summed E-state index contributed by atoms with van der Waals surface area (Å²) in [5, 5.41) is 14.1. The minimum Gasteiger partial charge on any atom is -0.381 e. The van der Waals surface area contributed by atoms with Crippen molar-refractivity contribution in [3.63, 3.8) is 0 Å². The van der Waals surface area contributed by atoms with E-state index in [1.54, 1.807) is 12.1 Å². The van der Waals surface area contributed by atoms with Crippen LogP contribution in [0.1, 0.15) is 18.1 Å². The first kappa shape index (κ1) is 14.5. The van der Waals surface area contributed by atoms with Gasteiger partial charge < -0.3 is 5.32 Å². The van der Waals surface area contributed by atoms with E-state index in [9.17, 15) is 10.1 Å². The van der Waals surface area contributed by atoms with Crippen molar-refractivity contribution < 1.29 is 4.92 Å². The fraction of sp³-hybridized carbons (Fsp3) is 0.200. The van der Waals surface area contributed by atoms with E-state index in [4.69, 9.17) is 0 Å². The molecule has 0 aliphatic rings. The molecule has 0 aromatic heterocycles. The van der Waals surface area contributed by atoms with Gasteiger partial charge in [-0.15, -0.1) is 0 Å². The Kier molecular flexibility index (Phi) is 4.74. The van der Waals surface area contributed by atoms with Gasteiger partial charge in [0, 0.05) is 28.8 Å². The molecule has 0 saturated carbocycles. The Morgan fingerprint density at radius 1 is 1.25 bits per heavy atom. The van der Waals surface area contributed by atoms with E-state index in [1.165, 1.54) is 11.6 Å². The van der Waals surface area contributed by atoms with Crippen LogP contribution in [0.15, 0.2) is 46.9 Å². The number of aryl methyl sites for hydroxylation is 1. The molecule has 20 heavy (non-hydrogen) atoms. The predicted molar refractivity (Wildman–Crippen MR) is 83.9 cm³/mol. The van der Waals surface area contributed by atoms with Crippen LogP contribution >= 0.6 is 15.9 Å². The van der Waals surface area contributed by atoms with Crippen molar-refractivity contribution in [1.29, 1.82) is 0 Å². The lowest BCUT2D eigenvalue weighted by molar-refractivity contribution is -0.384. The average Bonchev–Trinajstić information content (AvgIpc) is 2.46. The minimum atomic E-state index is -0.374. The summed E-state index contributed by atoms with van der Waals surface area (Å²) in [5.41, 5.74) is 3.28. The molecule has 104 valence electrons. The smallest absolute Gasteiger partial charge is 0.269 e. The van der Waals surface area contributed by atoms with Gasteiger partial charge in [0.25, 0.3) is 5.69 Å². The third-order valence-corrected chi connectivity index (χ3v) is 3.55. The lowest BCUT2D eigenvalue weighted by Gasteiger charge is -2.11. The fourth-order valence-electron chi connectivity index (χ4n) is 2.00. The number of benzene rings is 2. The Balaban J connectivity index is 2.12. The van der Waals surface area contributed by atoms with E-state index >= 15 is 0 Å². The van der Waals surface area contributed by atoms with Crippen molar-refractivity contribution in [2.75, 3.05) is 5.32 Å². The molecule has 0 radical (unpaired) electrons. The minimum absolute atomic E-state index is 0.121. The molecule has 0 aliphatic heterocycles. The van der Waals surface area contributed by atoms with Crippen molar-refractivity contribution in [1.82, 2.24) is 0 Å². The Morgan fingerprint density at radius 2 is 2.05 bits per heavy atom. The molecule has 1 N–H and O–H groups in total. The molecule has 0 atom stereocenters. The van der Waals surface area contributed by atoms with Crippen LogP contribution in [0, 0.1) is 10.1 Å². The van der Waals surface area contributed by atoms with E-state index in [2.05, 4.69) is 34.2 Å². The Labute approximate surface area is 126 Å². The average molecular weight is 335 g/mol. The van der Waals surface area contributed by atoms with Crippen LogP contribution in [0.3, 0.4) is 0 Å². The van der Waals surface area contributed by atoms with Gasteiger partial charge in [0.1, 0.15) is 0 Å². The summed E-state index contributed by atoms with van der Waals surface area (Å²) in [4.78, 5) is 10.4. The summed E-state index contributed by atoms with van der Waals surface area (Å²) in [5.74, 6) is 0. The van der Waals surface area contributed by atoms with Crippen molar-refractivity contribution >= 4 is 27.3 Å². The highest BCUT2D eigenvalue weighted by molar-refractivity contribution is 9.10. The van der Waals surface area contributed by atoms with Crippen LogP contribution in [0.5, 0.6) is 0 Å². The number of hydrogen-bond donors (Lipinski definition) is 1. The first-order valence-electron chi connectivity index (χ1n) is 6.35. The topological polar surface area (TPSA) is 55.2 Å². The lowest BCUT2D eigenvalue weighted by Crippen LogP contribution is -2.02. The molecule has 0 aliphatic carbocycles. The second-order valence-corrected chi connectivity index (χ2v) is 5.35. The fourth-order valence-corrected chi connectivity index (χ4v) is 2.41. The van der Waals surface area contributed by atoms with Crippen LogP contribution in [0.25, 0.3) is 0 Å². The number of rotatable bonds is 5. The molecule has 0 amide bonds. The van der Waals surface area contributed by atoms with Gasteiger partial charge in [0.15, 0.2) is 0 Å². The van der Waals surface area contributed by atoms with Gasteiger partial charge in [-0.05, 0) is 35.7 Å². The van der Waals surface area contributed by atoms with Gasteiger partial charge in [0.05, 0.1) is 4.92 Å². The molecule has 4 nitrogen and oxygen atoms in total. The number of anilines is 1. The van der Waals surface area contributed by atoms with Crippen molar-refractivity contribution in [3.8, 4) is 0 Å². The molecule has 0 unspecified atom stereocenters. The van der Waals surface area contributed by atoms with Gasteiger partial charge in [-0.25, -0.2) is 0 Å². The van der Waals surface area contributed by atoms with Crippen molar-refractivity contribution in [3.05, 3.63) is 68.2 Å². The number of halogens is 1. The largest absolute Gasteiger partial charge is 0.381 e. The number of nitrogens with zero attached hydrogens (tertiary/aromatic N) is 1. The summed E-state index contributed by atoms with van der Waals surface area (Å²) in [6, 6.07) is 12.8. The van der Waals surface area contributed by atoms with Gasteiger partial charge in [-0.1, -0.05) is 35.0 Å². The molecule has 0 spiro atoms. The molecular formula is C15H15BrN2O2. The third-order valence-electron chi connectivity index (χ3n) is 3.05. The van der Waals surface area contributed by atoms with E-state index < -0.39 is 0 Å². The van der Waals surface area contributed by atoms with E-state index in [-0.39, 0.29) is 10.6 Å². The Hall–Kier alpha value is -1.88. The first-order valence-corrected chi connectivity index (χ1v) is 7.15. The maximum absolute atomic E-state index is 10.7. The van der Waals surface area contributed by atoms with Gasteiger partial charge in [-0.2, -0.15) is 0 Å². The van der Waals surface area contributed by atoms with Crippen LogP contribution in [-0.4, -0.2) is 4.92 Å². The summed E-state index contributed by atoms with van der Waals surface area (Å²) >= 11 is 3.46. The Morgan fingerprint density at radius 3 is 2.75 bits per heavy atom. The second kappa shape index (κ2) is 6.52. The highest BCUT2D eigenvalue weighted by Gasteiger charge is 2.06. The SMILES string of the molecule is CCc1cc(Br)ccc1NCc1cccc([N+](=O)[O-])c1. The number of hydrogen-bond acceptors (Lipinski definition) is 3. The highest BCUT2D eigenvalue weighted by Crippen LogP contribution is 2.22. The molecule has 0 saturated heterocycles. The number of nitro benzene ring substituents is 1. The molecule has 5 heteroatoms. The van der Waals surface area contributed by atoms with E-state index in [0.29, 0.717) is 6.54 Å². The lowest BCUT2D eigenvalue weighted by atomic mass is 10.1. The molecule has 0 heterocycles. The van der Waals surface area contributed by atoms with Crippen molar-refractivity contribution in [2.45, 2.75) is 19.9 Å². The van der Waals surface area contributed by atoms with Crippen LogP contribution in [0.2, 0.25) is 0 Å². The van der Waals surface area contributed by atoms with Crippen molar-refractivity contribution in [2.24, 2.45) is 0 Å². The van der Waals surface area contributed by atoms with Gasteiger partial charge >= 0.3 is 0 Å². The van der Waals surface area contributed by atoms with Crippen LogP contribution < -0.4 is 5.32 Å². The molecule has 2 rings (SSSR count). The van der Waals surface area contributed by atoms with Crippen LogP contribution in [-0.2, 0) is 13.0 Å². The molecular weight excluding hydrogens is 320 g/mol. The summed E-state index contributed by atoms with van der Waals surface area (Å²) < 4.78 is 1.05. The molecule has 0 fully saturated rings. The van der Waals surface area contributed by atoms with Gasteiger partial charge in [0.2, 0.25) is 0 Å². The monoisotopic (exact) mass is 334 g/mol. The zero-order valence-corrected chi connectivity index (χ0v) is 12.7. The Bertz CT molecular complexity index is 629. The predicted octanol–water partition coefficient (Wildman–Crippen LogP) is 4.53. The van der Waals surface area contributed by atoms with Crippen LogP contribution in [0.4, 0.5) is 11.4 Å². The summed E-state index contributed by atoms with van der Waals surface area (Å²) in [6.07, 6.45) is 0.927. The molecule has 0 bridgehead atoms. The number of nitrogens with one attached hydrogen (secondary N) is 1. The third kappa shape index (κ3) is 3.57. The molecule has 2 aromatic rings. The first-order chi connectivity index (χ1) is 9.60. The quantitative estimate of drug-likeness (QED) is 0.645. The maximum Gasteiger partial charge on any atom is 0.269 e.